The molecule has 2 unspecified atom stereocenters. The molecule has 0 aromatic heterocycles. The van der Waals surface area contributed by atoms with Gasteiger partial charge in [-0.3, -0.25) is 0 Å². The first-order valence-corrected chi connectivity index (χ1v) is 14.1. The van der Waals surface area contributed by atoms with Gasteiger partial charge in [0.25, 0.3) is 0 Å². The van der Waals surface area contributed by atoms with E-state index in [2.05, 4.69) is 80.9 Å². The number of allylic oxidation sites excluding steroid dienone is 2. The molecule has 0 fully saturated rings. The fraction of sp³-hybridized carbons (Fsp3) is 0.833. The van der Waals surface area contributed by atoms with E-state index in [4.69, 9.17) is 0 Å². The summed E-state index contributed by atoms with van der Waals surface area (Å²) in [6.07, 6.45) is 4.83. The Hall–Kier alpha value is 1.32. The third-order valence-electron chi connectivity index (χ3n) is 4.93. The van der Waals surface area contributed by atoms with E-state index in [0.29, 0.717) is 16.7 Å². The summed E-state index contributed by atoms with van der Waals surface area (Å²) in [4.78, 5) is 0. The molecule has 0 aromatic rings. The van der Waals surface area contributed by atoms with E-state index >= 15 is 0 Å². The fourth-order valence-corrected chi connectivity index (χ4v) is 9.19. The summed E-state index contributed by atoms with van der Waals surface area (Å²) < 4.78 is 0.285. The van der Waals surface area contributed by atoms with Crippen molar-refractivity contribution < 1.29 is 12.0 Å². The van der Waals surface area contributed by atoms with Gasteiger partial charge in [-0.05, 0) is 0 Å². The number of hydrogen-bond donors (Lipinski definition) is 0. The first kappa shape index (κ1) is 14.4. The molecule has 0 spiro atoms. The van der Waals surface area contributed by atoms with Crippen LogP contribution in [-0.4, -0.2) is 0 Å². The van der Waals surface area contributed by atoms with Gasteiger partial charge in [0.1, 0.15) is 0 Å². The molecule has 0 heterocycles. The van der Waals surface area contributed by atoms with Crippen LogP contribution >= 0.6 is 27.2 Å². The first-order chi connectivity index (χ1) is 6.57. The summed E-state index contributed by atoms with van der Waals surface area (Å²) in [5.74, 6) is 0.647. The molecule has 15 heavy (non-hydrogen) atoms. The number of halogens is 2. The van der Waals surface area contributed by atoms with Crippen LogP contribution in [0, 0.1) is 16.7 Å². The van der Waals surface area contributed by atoms with Crippen molar-refractivity contribution in [3.63, 3.8) is 0 Å². The molecule has 0 radical (unpaired) electrons. The summed E-state index contributed by atoms with van der Waals surface area (Å²) in [5, 5.41) is 0. The van der Waals surface area contributed by atoms with Crippen LogP contribution in [0.5, 0.6) is 0 Å². The zero-order valence-corrected chi connectivity index (χ0v) is 15.3. The minimum atomic E-state index is -1.11. The number of rotatable bonds is 1. The quantitative estimate of drug-likeness (QED) is 0.375. The second-order valence-electron chi connectivity index (χ2n) is 5.73. The fourth-order valence-electron chi connectivity index (χ4n) is 2.17. The van der Waals surface area contributed by atoms with Crippen LogP contribution in [-0.2, 0) is 12.0 Å². The Morgan fingerprint density at radius 3 is 1.93 bits per heavy atom. The Morgan fingerprint density at radius 1 is 1.07 bits per heavy atom. The summed E-state index contributed by atoms with van der Waals surface area (Å²) >= 11 is 6.59. The molecule has 0 amide bonds. The molecule has 3 heteroatoms. The van der Waals surface area contributed by atoms with Gasteiger partial charge in [-0.25, -0.2) is 0 Å². The molecule has 0 bridgehead atoms. The van der Waals surface area contributed by atoms with Gasteiger partial charge in [0.05, 0.1) is 0 Å². The molecule has 0 nitrogen and oxygen atoms in total. The molecule has 2 atom stereocenters. The van der Waals surface area contributed by atoms with Gasteiger partial charge in [0.15, 0.2) is 0 Å². The molecule has 0 aliphatic heterocycles. The van der Waals surface area contributed by atoms with E-state index in [0.717, 1.165) is 0 Å². The van der Waals surface area contributed by atoms with Gasteiger partial charge in [0.2, 0.25) is 0 Å². The van der Waals surface area contributed by atoms with Gasteiger partial charge >= 0.3 is 114 Å². The molecule has 1 aliphatic carbocycles. The molecule has 0 N–H and O–H groups in total. The van der Waals surface area contributed by atoms with E-state index in [1.807, 2.05) is 0 Å². The monoisotopic (exact) mass is 425 g/mol. The summed E-state index contributed by atoms with van der Waals surface area (Å²) in [7, 11) is 0. The third-order valence-corrected chi connectivity index (χ3v) is 14.6. The molecular formula is C12H21Br2Ru-. The summed E-state index contributed by atoms with van der Waals surface area (Å²) in [6.45, 7) is 14.3. The van der Waals surface area contributed by atoms with Crippen LogP contribution in [0.4, 0.5) is 0 Å². The predicted octanol–water partition coefficient (Wildman–Crippen LogP) is 5.66. The van der Waals surface area contributed by atoms with E-state index in [1.54, 1.807) is 0 Å². The molecule has 92 valence electrons. The van der Waals surface area contributed by atoms with E-state index in [-0.39, 0.29) is 4.01 Å². The molecule has 1 rings (SSSR count). The van der Waals surface area contributed by atoms with Crippen molar-refractivity contribution in [2.75, 3.05) is 0 Å². The second kappa shape index (κ2) is 4.21. The zero-order valence-electron chi connectivity index (χ0n) is 10.3. The zero-order chi connectivity index (χ0) is 12.1. The first-order valence-electron chi connectivity index (χ1n) is 5.27. The Bertz CT molecular complexity index is 281. The molecule has 1 aliphatic rings. The van der Waals surface area contributed by atoms with Crippen molar-refractivity contribution in [2.45, 2.75) is 45.6 Å². The van der Waals surface area contributed by atoms with Gasteiger partial charge in [-0.15, -0.1) is 0 Å². The average molecular weight is 426 g/mol. The standard InChI is InChI=1S/C12H21.2BrH.Ru/c1-9-7-8-10(2)12(5,6)11(9,3)4;;;/h7-9H,1-6H3;2*1H;/q;;;+1/p-2. The molecule has 0 aromatic carbocycles. The van der Waals surface area contributed by atoms with Gasteiger partial charge in [-0.1, -0.05) is 0 Å². The molecule has 0 saturated heterocycles. The van der Waals surface area contributed by atoms with Crippen LogP contribution in [0.2, 0.25) is 4.01 Å². The molecule has 0 saturated carbocycles. The van der Waals surface area contributed by atoms with Crippen LogP contribution in [0.15, 0.2) is 12.2 Å². The van der Waals surface area contributed by atoms with Crippen molar-refractivity contribution >= 4 is 27.2 Å². The van der Waals surface area contributed by atoms with Crippen molar-refractivity contribution in [2.24, 2.45) is 16.7 Å². The van der Waals surface area contributed by atoms with E-state index in [9.17, 15) is 0 Å². The second-order valence-corrected chi connectivity index (χ2v) is 19.5. The maximum atomic E-state index is 3.85. The predicted molar refractivity (Wildman–Crippen MR) is 72.1 cm³/mol. The Kier molecular flexibility index (Phi) is 4.04. The SMILES string of the molecule is CC1C=C[C](C)([Ru-]([Br])[Br])C(C)(C)C1(C)C. The summed E-state index contributed by atoms with van der Waals surface area (Å²) in [5.41, 5.74) is 0.643. The van der Waals surface area contributed by atoms with E-state index < -0.39 is 12.0 Å². The van der Waals surface area contributed by atoms with Crippen molar-refractivity contribution in [1.82, 2.24) is 0 Å². The maximum absolute atomic E-state index is 3.85. The number of hydrogen-bond acceptors (Lipinski definition) is 0. The third kappa shape index (κ3) is 1.95. The minimum absolute atomic E-state index is 0.285. The van der Waals surface area contributed by atoms with Crippen LogP contribution in [0.1, 0.15) is 41.5 Å². The summed E-state index contributed by atoms with van der Waals surface area (Å²) in [6, 6.07) is 0. The molecular weight excluding hydrogens is 405 g/mol. The van der Waals surface area contributed by atoms with Gasteiger partial charge < -0.3 is 0 Å². The van der Waals surface area contributed by atoms with Crippen molar-refractivity contribution in [3.05, 3.63) is 12.2 Å². The van der Waals surface area contributed by atoms with Gasteiger partial charge in [0, 0.05) is 0 Å². The average Bonchev–Trinajstić information content (AvgIpc) is 2.10. The topological polar surface area (TPSA) is 0 Å². The van der Waals surface area contributed by atoms with Crippen molar-refractivity contribution in [3.8, 4) is 0 Å². The van der Waals surface area contributed by atoms with E-state index in [1.165, 1.54) is 0 Å². The van der Waals surface area contributed by atoms with Crippen molar-refractivity contribution in [1.29, 1.82) is 0 Å². The normalized spacial score (nSPS) is 38.9. The Balaban J connectivity index is 3.31. The Labute approximate surface area is 113 Å². The van der Waals surface area contributed by atoms with Crippen LogP contribution in [0.3, 0.4) is 0 Å². The van der Waals surface area contributed by atoms with Crippen LogP contribution in [0.25, 0.3) is 0 Å². The van der Waals surface area contributed by atoms with Crippen LogP contribution < -0.4 is 0 Å². The Morgan fingerprint density at radius 2 is 1.53 bits per heavy atom. The van der Waals surface area contributed by atoms with Gasteiger partial charge in [-0.2, -0.15) is 0 Å².